The van der Waals surface area contributed by atoms with Crippen LogP contribution < -0.4 is 4.90 Å². The van der Waals surface area contributed by atoms with Crippen LogP contribution in [-0.2, 0) is 9.53 Å². The van der Waals surface area contributed by atoms with Crippen LogP contribution in [-0.4, -0.2) is 31.3 Å². The first-order valence-electron chi connectivity index (χ1n) is 5.86. The number of carbonyl (C=O) groups is 2. The highest BCUT2D eigenvalue weighted by atomic mass is 79.9. The number of nitrogens with zero attached hydrogens (tertiary/aromatic N) is 1. The third kappa shape index (κ3) is 2.95. The van der Waals surface area contributed by atoms with Gasteiger partial charge in [-0.1, -0.05) is 15.9 Å². The topological polar surface area (TPSA) is 46.6 Å². The van der Waals surface area contributed by atoms with Gasteiger partial charge in [-0.25, -0.2) is 4.79 Å². The Morgan fingerprint density at radius 1 is 1.58 bits per heavy atom. The van der Waals surface area contributed by atoms with Crippen molar-refractivity contribution >= 4 is 46.1 Å². The van der Waals surface area contributed by atoms with Gasteiger partial charge in [0, 0.05) is 17.4 Å². The second-order valence-corrected chi connectivity index (χ2v) is 5.69. The van der Waals surface area contributed by atoms with Crippen LogP contribution in [0.5, 0.6) is 0 Å². The Kier molecular flexibility index (Phi) is 4.52. The predicted molar refractivity (Wildman–Crippen MR) is 79.8 cm³/mol. The van der Waals surface area contributed by atoms with E-state index in [1.54, 1.807) is 23.1 Å². The molecule has 1 atom stereocenters. The lowest BCUT2D eigenvalue weighted by Gasteiger charge is -2.19. The summed E-state index contributed by atoms with van der Waals surface area (Å²) < 4.78 is 5.57. The van der Waals surface area contributed by atoms with Gasteiger partial charge in [-0.05, 0) is 29.9 Å². The molecule has 0 aromatic heterocycles. The second-order valence-electron chi connectivity index (χ2n) is 4.41. The van der Waals surface area contributed by atoms with Crippen LogP contribution in [0, 0.1) is 5.92 Å². The third-order valence-corrected chi connectivity index (χ3v) is 4.13. The van der Waals surface area contributed by atoms with Crippen LogP contribution in [0.2, 0.25) is 0 Å². The molecule has 6 heteroatoms. The first-order chi connectivity index (χ1) is 9.06. The van der Waals surface area contributed by atoms with Gasteiger partial charge in [0.25, 0.3) is 0 Å². The minimum Gasteiger partial charge on any atom is -0.465 e. The Hall–Kier alpha value is -1.01. The van der Waals surface area contributed by atoms with Crippen LogP contribution in [0.3, 0.4) is 0 Å². The molecule has 1 amide bonds. The van der Waals surface area contributed by atoms with E-state index in [2.05, 4.69) is 28.6 Å². The Morgan fingerprint density at radius 2 is 2.32 bits per heavy atom. The van der Waals surface area contributed by atoms with Gasteiger partial charge in [-0.2, -0.15) is 12.6 Å². The van der Waals surface area contributed by atoms with Crippen LogP contribution in [0.15, 0.2) is 22.7 Å². The second kappa shape index (κ2) is 5.96. The van der Waals surface area contributed by atoms with E-state index in [1.165, 1.54) is 7.11 Å². The zero-order chi connectivity index (χ0) is 14.0. The number of thiol groups is 1. The zero-order valence-electron chi connectivity index (χ0n) is 10.4. The normalized spacial score (nSPS) is 18.8. The maximum Gasteiger partial charge on any atom is 0.339 e. The SMILES string of the molecule is COC(=O)c1ccc(Br)cc1N1CC(CS)CC1=O. The number of carbonyl (C=O) groups excluding carboxylic acids is 2. The number of esters is 1. The quantitative estimate of drug-likeness (QED) is 0.677. The van der Waals surface area contributed by atoms with E-state index in [0.29, 0.717) is 30.0 Å². The van der Waals surface area contributed by atoms with Crippen molar-refractivity contribution in [3.05, 3.63) is 28.2 Å². The largest absolute Gasteiger partial charge is 0.465 e. The van der Waals surface area contributed by atoms with E-state index in [0.717, 1.165) is 4.47 Å². The van der Waals surface area contributed by atoms with E-state index in [-0.39, 0.29) is 11.8 Å². The molecule has 4 nitrogen and oxygen atoms in total. The number of hydrogen-bond donors (Lipinski definition) is 1. The van der Waals surface area contributed by atoms with Crippen LogP contribution >= 0.6 is 28.6 Å². The van der Waals surface area contributed by atoms with Gasteiger partial charge < -0.3 is 9.64 Å². The molecule has 2 rings (SSSR count). The summed E-state index contributed by atoms with van der Waals surface area (Å²) >= 11 is 7.60. The molecule has 1 saturated heterocycles. The van der Waals surface area contributed by atoms with Crippen LogP contribution in [0.25, 0.3) is 0 Å². The Labute approximate surface area is 125 Å². The van der Waals surface area contributed by atoms with Gasteiger partial charge in [0.15, 0.2) is 0 Å². The van der Waals surface area contributed by atoms with Crippen molar-refractivity contribution in [2.75, 3.05) is 24.3 Å². The van der Waals surface area contributed by atoms with Gasteiger partial charge in [0.1, 0.15) is 0 Å². The van der Waals surface area contributed by atoms with E-state index < -0.39 is 5.97 Å². The molecule has 1 fully saturated rings. The third-order valence-electron chi connectivity index (χ3n) is 3.12. The van der Waals surface area contributed by atoms with Crippen molar-refractivity contribution in [1.82, 2.24) is 0 Å². The first-order valence-corrected chi connectivity index (χ1v) is 7.28. The van der Waals surface area contributed by atoms with Crippen LogP contribution in [0.4, 0.5) is 5.69 Å². The summed E-state index contributed by atoms with van der Waals surface area (Å²) in [7, 11) is 1.33. The van der Waals surface area contributed by atoms with Crippen molar-refractivity contribution < 1.29 is 14.3 Å². The molecule has 1 aromatic rings. The summed E-state index contributed by atoms with van der Waals surface area (Å²) in [5.41, 5.74) is 0.995. The molecular formula is C13H14BrNO3S. The molecule has 0 spiro atoms. The van der Waals surface area contributed by atoms with E-state index in [9.17, 15) is 9.59 Å². The molecule has 0 bridgehead atoms. The van der Waals surface area contributed by atoms with Crippen molar-refractivity contribution in [2.45, 2.75) is 6.42 Å². The number of rotatable bonds is 3. The van der Waals surface area contributed by atoms with Gasteiger partial charge >= 0.3 is 5.97 Å². The number of benzene rings is 1. The highest BCUT2D eigenvalue weighted by Gasteiger charge is 2.32. The zero-order valence-corrected chi connectivity index (χ0v) is 12.9. The van der Waals surface area contributed by atoms with Crippen molar-refractivity contribution in [1.29, 1.82) is 0 Å². The van der Waals surface area contributed by atoms with E-state index >= 15 is 0 Å². The maximum absolute atomic E-state index is 12.0. The van der Waals surface area contributed by atoms with Crippen LogP contribution in [0.1, 0.15) is 16.8 Å². The van der Waals surface area contributed by atoms with Gasteiger partial charge in [0.05, 0.1) is 18.4 Å². The highest BCUT2D eigenvalue weighted by Crippen LogP contribution is 2.31. The van der Waals surface area contributed by atoms with Crippen molar-refractivity contribution in [2.24, 2.45) is 5.92 Å². The fraction of sp³-hybridized carbons (Fsp3) is 0.385. The number of anilines is 1. The summed E-state index contributed by atoms with van der Waals surface area (Å²) in [6.45, 7) is 0.586. The molecule has 1 aromatic carbocycles. The van der Waals surface area contributed by atoms with Gasteiger partial charge in [0.2, 0.25) is 5.91 Å². The molecule has 1 unspecified atom stereocenters. The fourth-order valence-corrected chi connectivity index (χ4v) is 2.74. The van der Waals surface area contributed by atoms with Crippen molar-refractivity contribution in [3.63, 3.8) is 0 Å². The molecule has 1 aliphatic rings. The molecular weight excluding hydrogens is 330 g/mol. The summed E-state index contributed by atoms with van der Waals surface area (Å²) in [6.07, 6.45) is 0.469. The number of halogens is 1. The summed E-state index contributed by atoms with van der Waals surface area (Å²) in [4.78, 5) is 25.4. The van der Waals surface area contributed by atoms with Gasteiger partial charge in [-0.15, -0.1) is 0 Å². The smallest absolute Gasteiger partial charge is 0.339 e. The highest BCUT2D eigenvalue weighted by molar-refractivity contribution is 9.10. The van der Waals surface area contributed by atoms with E-state index in [4.69, 9.17) is 4.74 Å². The Morgan fingerprint density at radius 3 is 2.89 bits per heavy atom. The minimum atomic E-state index is -0.440. The maximum atomic E-state index is 12.0. The standard InChI is InChI=1S/C13H14BrNO3S/c1-18-13(17)10-3-2-9(14)5-11(10)15-6-8(7-19)4-12(15)16/h2-3,5,8,19H,4,6-7H2,1H3. The lowest BCUT2D eigenvalue weighted by Crippen LogP contribution is -2.27. The average molecular weight is 344 g/mol. The lowest BCUT2D eigenvalue weighted by molar-refractivity contribution is -0.117. The molecule has 1 aliphatic heterocycles. The molecule has 19 heavy (non-hydrogen) atoms. The molecule has 0 radical (unpaired) electrons. The average Bonchev–Trinajstić information content (AvgIpc) is 2.79. The van der Waals surface area contributed by atoms with E-state index in [1.807, 2.05) is 0 Å². The summed E-state index contributed by atoms with van der Waals surface area (Å²) in [6, 6.07) is 5.18. The summed E-state index contributed by atoms with van der Waals surface area (Å²) in [5.74, 6) is 0.455. The molecule has 0 N–H and O–H groups in total. The minimum absolute atomic E-state index is 0.0160. The number of methoxy groups -OCH3 is 1. The number of hydrogen-bond acceptors (Lipinski definition) is 4. The fourth-order valence-electron chi connectivity index (χ4n) is 2.15. The number of ether oxygens (including phenoxy) is 1. The number of amides is 1. The predicted octanol–water partition coefficient (Wildman–Crippen LogP) is 2.52. The Bertz CT molecular complexity index is 521. The summed E-state index contributed by atoms with van der Waals surface area (Å²) in [5, 5.41) is 0. The molecule has 0 saturated carbocycles. The first kappa shape index (κ1) is 14.4. The molecule has 0 aliphatic carbocycles. The monoisotopic (exact) mass is 343 g/mol. The lowest BCUT2D eigenvalue weighted by atomic mass is 10.1. The van der Waals surface area contributed by atoms with Gasteiger partial charge in [-0.3, -0.25) is 4.79 Å². The molecule has 1 heterocycles. The Balaban J connectivity index is 2.41. The van der Waals surface area contributed by atoms with Crippen molar-refractivity contribution in [3.8, 4) is 0 Å². The molecule has 102 valence electrons.